The van der Waals surface area contributed by atoms with Gasteiger partial charge >= 0.3 is 0 Å². The number of amides is 1. The molecule has 4 rings (SSSR count). The van der Waals surface area contributed by atoms with Gasteiger partial charge in [0.05, 0.1) is 17.8 Å². The minimum Gasteiger partial charge on any atom is -0.346 e. The van der Waals surface area contributed by atoms with E-state index < -0.39 is 0 Å². The molecule has 128 valence electrons. The van der Waals surface area contributed by atoms with Crippen molar-refractivity contribution in [3.63, 3.8) is 0 Å². The lowest BCUT2D eigenvalue weighted by atomic mass is 10.1. The highest BCUT2D eigenvalue weighted by Gasteiger charge is 2.18. The van der Waals surface area contributed by atoms with Crippen LogP contribution in [0.4, 0.5) is 0 Å². The van der Waals surface area contributed by atoms with Crippen molar-refractivity contribution < 1.29 is 4.79 Å². The van der Waals surface area contributed by atoms with E-state index in [4.69, 9.17) is 0 Å². The summed E-state index contributed by atoms with van der Waals surface area (Å²) in [6, 6.07) is 7.22. The van der Waals surface area contributed by atoms with Crippen molar-refractivity contribution in [3.8, 4) is 11.4 Å². The molecule has 0 aliphatic heterocycles. The second-order valence-electron chi connectivity index (χ2n) is 6.15. The minimum absolute atomic E-state index is 0.175. The third-order valence-electron chi connectivity index (χ3n) is 4.57. The number of fused-ring (bicyclic) bond motifs is 1. The number of aromatic amines is 2. The quantitative estimate of drug-likeness (QED) is 0.628. The molecule has 8 nitrogen and oxygen atoms in total. The molecule has 3 N–H and O–H groups in total. The van der Waals surface area contributed by atoms with Crippen molar-refractivity contribution >= 4 is 5.91 Å². The molecule has 1 aromatic carbocycles. The Morgan fingerprint density at radius 1 is 1.12 bits per heavy atom. The highest BCUT2D eigenvalue weighted by atomic mass is 16.1. The van der Waals surface area contributed by atoms with Crippen LogP contribution in [0.25, 0.3) is 11.4 Å². The lowest BCUT2D eigenvalue weighted by Gasteiger charge is -2.08. The zero-order chi connectivity index (χ0) is 17.1. The fraction of sp³-hybridized carbons (Fsp3) is 0.353. The average Bonchev–Trinajstić information content (AvgIpc) is 3.25. The number of carbonyl (C=O) groups is 1. The van der Waals surface area contributed by atoms with E-state index in [1.807, 2.05) is 12.1 Å². The number of nitrogens with zero attached hydrogens (tertiary/aromatic N) is 4. The van der Waals surface area contributed by atoms with Crippen LogP contribution in [-0.4, -0.2) is 36.7 Å². The SMILES string of the molecule is O=C(NCc1n[nH]c2c1CCCCC2)c1ccccc1-c1nn[nH]n1. The molecule has 1 aliphatic carbocycles. The summed E-state index contributed by atoms with van der Waals surface area (Å²) in [7, 11) is 0. The average molecular weight is 337 g/mol. The predicted molar refractivity (Wildman–Crippen MR) is 90.6 cm³/mol. The highest BCUT2D eigenvalue weighted by Crippen LogP contribution is 2.22. The molecule has 1 aliphatic rings. The number of nitrogens with one attached hydrogen (secondary N) is 3. The number of hydrogen-bond donors (Lipinski definition) is 3. The van der Waals surface area contributed by atoms with Gasteiger partial charge in [-0.25, -0.2) is 0 Å². The fourth-order valence-electron chi connectivity index (χ4n) is 3.28. The fourth-order valence-corrected chi connectivity index (χ4v) is 3.28. The number of aryl methyl sites for hydroxylation is 1. The molecule has 0 atom stereocenters. The summed E-state index contributed by atoms with van der Waals surface area (Å²) in [6.45, 7) is 0.408. The third-order valence-corrected chi connectivity index (χ3v) is 4.57. The first-order valence-electron chi connectivity index (χ1n) is 8.49. The molecular formula is C17H19N7O. The summed E-state index contributed by atoms with van der Waals surface area (Å²) in [4.78, 5) is 12.7. The van der Waals surface area contributed by atoms with Gasteiger partial charge in [-0.15, -0.1) is 10.2 Å². The van der Waals surface area contributed by atoms with Crippen molar-refractivity contribution in [2.24, 2.45) is 0 Å². The standard InChI is InChI=1S/C17H19N7O/c25-17(12-7-5-4-6-11(12)16-21-23-24-22-16)18-10-15-13-8-2-1-3-9-14(13)19-20-15/h4-7H,1-3,8-10H2,(H,18,25)(H,19,20)(H,21,22,23,24). The van der Waals surface area contributed by atoms with Crippen LogP contribution in [0.1, 0.15) is 46.6 Å². The van der Waals surface area contributed by atoms with Crippen LogP contribution in [0.2, 0.25) is 0 Å². The van der Waals surface area contributed by atoms with E-state index >= 15 is 0 Å². The molecule has 1 amide bonds. The van der Waals surface area contributed by atoms with Crippen LogP contribution < -0.4 is 5.32 Å². The molecule has 0 bridgehead atoms. The monoisotopic (exact) mass is 337 g/mol. The van der Waals surface area contributed by atoms with Crippen LogP contribution >= 0.6 is 0 Å². The largest absolute Gasteiger partial charge is 0.346 e. The van der Waals surface area contributed by atoms with Crippen LogP contribution in [0, 0.1) is 0 Å². The van der Waals surface area contributed by atoms with Gasteiger partial charge in [-0.2, -0.15) is 10.3 Å². The Morgan fingerprint density at radius 3 is 2.88 bits per heavy atom. The van der Waals surface area contributed by atoms with Crippen molar-refractivity contribution in [2.75, 3.05) is 0 Å². The molecule has 0 saturated heterocycles. The molecule has 25 heavy (non-hydrogen) atoms. The van der Waals surface area contributed by atoms with Crippen LogP contribution in [-0.2, 0) is 19.4 Å². The van der Waals surface area contributed by atoms with Gasteiger partial charge in [0.1, 0.15) is 0 Å². The molecule has 0 spiro atoms. The van der Waals surface area contributed by atoms with Gasteiger partial charge in [-0.3, -0.25) is 9.89 Å². The van der Waals surface area contributed by atoms with Gasteiger partial charge in [0, 0.05) is 11.3 Å². The highest BCUT2D eigenvalue weighted by molar-refractivity contribution is 6.00. The number of H-pyrrole nitrogens is 2. The summed E-state index contributed by atoms with van der Waals surface area (Å²) in [6.07, 6.45) is 5.67. The summed E-state index contributed by atoms with van der Waals surface area (Å²) in [5.74, 6) is 0.227. The van der Waals surface area contributed by atoms with Gasteiger partial charge in [-0.1, -0.05) is 24.6 Å². The Bertz CT molecular complexity index is 869. The van der Waals surface area contributed by atoms with Crippen molar-refractivity contribution in [1.82, 2.24) is 36.1 Å². The van der Waals surface area contributed by atoms with E-state index in [1.54, 1.807) is 12.1 Å². The van der Waals surface area contributed by atoms with Crippen LogP contribution in [0.15, 0.2) is 24.3 Å². The zero-order valence-electron chi connectivity index (χ0n) is 13.7. The first-order chi connectivity index (χ1) is 12.3. The number of tetrazole rings is 1. The van der Waals surface area contributed by atoms with E-state index in [-0.39, 0.29) is 5.91 Å². The molecule has 0 fully saturated rings. The molecule has 2 aromatic heterocycles. The summed E-state index contributed by atoms with van der Waals surface area (Å²) in [5, 5.41) is 24.4. The number of hydrogen-bond acceptors (Lipinski definition) is 5. The zero-order valence-corrected chi connectivity index (χ0v) is 13.7. The maximum absolute atomic E-state index is 12.7. The Hall–Kier alpha value is -3.03. The van der Waals surface area contributed by atoms with E-state index in [2.05, 4.69) is 36.1 Å². The summed E-state index contributed by atoms with van der Waals surface area (Å²) >= 11 is 0. The normalized spacial score (nSPS) is 13.9. The third kappa shape index (κ3) is 3.15. The smallest absolute Gasteiger partial charge is 0.252 e. The predicted octanol–water partition coefficient (Wildman–Crippen LogP) is 1.79. The molecule has 0 unspecified atom stereocenters. The summed E-state index contributed by atoms with van der Waals surface area (Å²) in [5.41, 5.74) is 4.58. The lowest BCUT2D eigenvalue weighted by molar-refractivity contribution is 0.0951. The maximum atomic E-state index is 12.7. The molecule has 3 aromatic rings. The summed E-state index contributed by atoms with van der Waals surface area (Å²) < 4.78 is 0. The molecular weight excluding hydrogens is 318 g/mol. The number of aromatic nitrogens is 6. The van der Waals surface area contributed by atoms with Gasteiger partial charge in [-0.05, 0) is 42.5 Å². The Labute approximate surface area is 144 Å². The van der Waals surface area contributed by atoms with Gasteiger partial charge in [0.2, 0.25) is 5.82 Å². The molecule has 0 saturated carbocycles. The second kappa shape index (κ2) is 6.84. The van der Waals surface area contributed by atoms with E-state index in [0.29, 0.717) is 23.5 Å². The topological polar surface area (TPSA) is 112 Å². The van der Waals surface area contributed by atoms with Crippen LogP contribution in [0.5, 0.6) is 0 Å². The first-order valence-corrected chi connectivity index (χ1v) is 8.49. The van der Waals surface area contributed by atoms with Crippen LogP contribution in [0.3, 0.4) is 0 Å². The van der Waals surface area contributed by atoms with Crippen molar-refractivity contribution in [1.29, 1.82) is 0 Å². The van der Waals surface area contributed by atoms with E-state index in [1.165, 1.54) is 30.5 Å². The maximum Gasteiger partial charge on any atom is 0.252 e. The van der Waals surface area contributed by atoms with Gasteiger partial charge in [0.15, 0.2) is 0 Å². The van der Waals surface area contributed by atoms with Gasteiger partial charge < -0.3 is 5.32 Å². The molecule has 8 heteroatoms. The van der Waals surface area contributed by atoms with E-state index in [0.717, 1.165) is 18.5 Å². The first kappa shape index (κ1) is 15.5. The Morgan fingerprint density at radius 2 is 2.00 bits per heavy atom. The minimum atomic E-state index is -0.175. The Balaban J connectivity index is 1.52. The van der Waals surface area contributed by atoms with Crippen molar-refractivity contribution in [3.05, 3.63) is 46.8 Å². The molecule has 2 heterocycles. The number of benzene rings is 1. The number of carbonyl (C=O) groups excluding carboxylic acids is 1. The number of rotatable bonds is 4. The second-order valence-corrected chi connectivity index (χ2v) is 6.15. The Kier molecular flexibility index (Phi) is 4.24. The lowest BCUT2D eigenvalue weighted by Crippen LogP contribution is -2.24. The van der Waals surface area contributed by atoms with Gasteiger partial charge in [0.25, 0.3) is 5.91 Å². The molecule has 0 radical (unpaired) electrons. The van der Waals surface area contributed by atoms with Crippen molar-refractivity contribution in [2.45, 2.75) is 38.6 Å². The van der Waals surface area contributed by atoms with E-state index in [9.17, 15) is 4.79 Å².